The van der Waals surface area contributed by atoms with Crippen LogP contribution in [0.2, 0.25) is 0 Å². The third-order valence-corrected chi connectivity index (χ3v) is 6.45. The van der Waals surface area contributed by atoms with Crippen molar-refractivity contribution in [1.82, 2.24) is 20.2 Å². The van der Waals surface area contributed by atoms with Crippen LogP contribution < -0.4 is 10.2 Å². The fourth-order valence-electron chi connectivity index (χ4n) is 4.78. The van der Waals surface area contributed by atoms with Crippen molar-refractivity contribution < 1.29 is 14.3 Å². The van der Waals surface area contributed by atoms with Crippen molar-refractivity contribution in [3.63, 3.8) is 0 Å². The van der Waals surface area contributed by atoms with E-state index in [-0.39, 0.29) is 17.3 Å². The Morgan fingerprint density at radius 3 is 2.45 bits per heavy atom. The van der Waals surface area contributed by atoms with Gasteiger partial charge in [0.05, 0.1) is 13.0 Å². The number of rotatable bonds is 11. The molecule has 0 radical (unpaired) electrons. The van der Waals surface area contributed by atoms with Crippen LogP contribution in [0.25, 0.3) is 0 Å². The van der Waals surface area contributed by atoms with Gasteiger partial charge in [-0.05, 0) is 50.6 Å². The van der Waals surface area contributed by atoms with E-state index in [1.807, 2.05) is 13.0 Å². The first-order chi connectivity index (χ1) is 15.1. The molecule has 1 amide bonds. The Labute approximate surface area is 185 Å². The molecule has 31 heavy (non-hydrogen) atoms. The summed E-state index contributed by atoms with van der Waals surface area (Å²) in [5.74, 6) is 0.714. The Hall–Kier alpha value is -2.22. The van der Waals surface area contributed by atoms with Crippen molar-refractivity contribution >= 4 is 17.8 Å². The van der Waals surface area contributed by atoms with Gasteiger partial charge in [-0.3, -0.25) is 14.5 Å². The summed E-state index contributed by atoms with van der Waals surface area (Å²) in [6.45, 7) is 7.90. The topological polar surface area (TPSA) is 87.7 Å². The molecule has 8 heteroatoms. The van der Waals surface area contributed by atoms with Gasteiger partial charge in [0.15, 0.2) is 0 Å². The molecule has 2 fully saturated rings. The lowest BCUT2D eigenvalue weighted by molar-refractivity contribution is -0.146. The lowest BCUT2D eigenvalue weighted by atomic mass is 9.79. The molecule has 1 aromatic heterocycles. The van der Waals surface area contributed by atoms with Crippen LogP contribution in [-0.4, -0.2) is 72.6 Å². The van der Waals surface area contributed by atoms with Crippen LogP contribution in [0, 0.1) is 5.41 Å². The van der Waals surface area contributed by atoms with Crippen LogP contribution in [0.1, 0.15) is 58.3 Å². The van der Waals surface area contributed by atoms with Crippen LogP contribution in [0.4, 0.5) is 5.95 Å². The Morgan fingerprint density at radius 2 is 1.77 bits per heavy atom. The number of carbonyl (C=O) groups excluding carboxylic acids is 2. The summed E-state index contributed by atoms with van der Waals surface area (Å²) in [6, 6.07) is 1.84. The van der Waals surface area contributed by atoms with Gasteiger partial charge in [0.2, 0.25) is 11.9 Å². The van der Waals surface area contributed by atoms with Crippen LogP contribution >= 0.6 is 0 Å². The number of anilines is 1. The molecule has 172 valence electrons. The number of ether oxygens (including phenoxy) is 1. The molecule has 1 aromatic rings. The second kappa shape index (κ2) is 12.0. The van der Waals surface area contributed by atoms with E-state index in [2.05, 4.69) is 25.1 Å². The van der Waals surface area contributed by atoms with E-state index in [0.29, 0.717) is 26.0 Å². The molecule has 1 aliphatic heterocycles. The first kappa shape index (κ1) is 23.4. The molecule has 1 aliphatic carbocycles. The minimum Gasteiger partial charge on any atom is -0.466 e. The third kappa shape index (κ3) is 7.45. The summed E-state index contributed by atoms with van der Waals surface area (Å²) in [5, 5.41) is 3.07. The van der Waals surface area contributed by atoms with E-state index >= 15 is 0 Å². The zero-order chi connectivity index (χ0) is 21.9. The molecular weight excluding hydrogens is 394 g/mol. The second-order valence-electron chi connectivity index (χ2n) is 8.80. The highest BCUT2D eigenvalue weighted by Gasteiger charge is 2.38. The highest BCUT2D eigenvalue weighted by molar-refractivity contribution is 5.78. The van der Waals surface area contributed by atoms with Crippen molar-refractivity contribution in [3.8, 4) is 0 Å². The molecule has 0 atom stereocenters. The maximum atomic E-state index is 12.5. The molecule has 0 spiro atoms. The van der Waals surface area contributed by atoms with Crippen LogP contribution in [0.3, 0.4) is 0 Å². The van der Waals surface area contributed by atoms with Crippen LogP contribution in [-0.2, 0) is 14.3 Å². The number of esters is 1. The first-order valence-corrected chi connectivity index (χ1v) is 11.8. The summed E-state index contributed by atoms with van der Waals surface area (Å²) in [4.78, 5) is 37.8. The number of unbranched alkanes of at least 4 members (excludes halogenated alkanes) is 1. The van der Waals surface area contributed by atoms with E-state index in [9.17, 15) is 9.59 Å². The largest absolute Gasteiger partial charge is 0.466 e. The lowest BCUT2D eigenvalue weighted by Crippen LogP contribution is -2.47. The van der Waals surface area contributed by atoms with Crippen molar-refractivity contribution in [2.75, 3.05) is 50.8 Å². The van der Waals surface area contributed by atoms with Gasteiger partial charge < -0.3 is 15.0 Å². The van der Waals surface area contributed by atoms with Crippen molar-refractivity contribution in [2.45, 2.75) is 58.3 Å². The van der Waals surface area contributed by atoms with Gasteiger partial charge in [0.1, 0.15) is 0 Å². The molecule has 1 saturated heterocycles. The molecular formula is C23H37N5O3. The first-order valence-electron chi connectivity index (χ1n) is 11.8. The monoisotopic (exact) mass is 431 g/mol. The maximum Gasteiger partial charge on any atom is 0.306 e. The quantitative estimate of drug-likeness (QED) is 0.425. The predicted molar refractivity (Wildman–Crippen MR) is 120 cm³/mol. The van der Waals surface area contributed by atoms with Crippen molar-refractivity contribution in [1.29, 1.82) is 0 Å². The number of piperazine rings is 1. The maximum absolute atomic E-state index is 12.5. The highest BCUT2D eigenvalue weighted by Crippen LogP contribution is 2.44. The molecule has 2 aliphatic rings. The second-order valence-corrected chi connectivity index (χ2v) is 8.80. The summed E-state index contributed by atoms with van der Waals surface area (Å²) < 4.78 is 5.13. The molecule has 3 rings (SSSR count). The summed E-state index contributed by atoms with van der Waals surface area (Å²) in [5.41, 5.74) is -0.196. The van der Waals surface area contributed by atoms with Gasteiger partial charge in [-0.2, -0.15) is 0 Å². The predicted octanol–water partition coefficient (Wildman–Crippen LogP) is 2.40. The van der Waals surface area contributed by atoms with E-state index in [4.69, 9.17) is 4.74 Å². The van der Waals surface area contributed by atoms with Gasteiger partial charge in [0, 0.05) is 51.5 Å². The zero-order valence-electron chi connectivity index (χ0n) is 18.9. The molecule has 0 aromatic carbocycles. The van der Waals surface area contributed by atoms with Crippen molar-refractivity contribution in [3.05, 3.63) is 18.5 Å². The Balaban J connectivity index is 1.28. The molecule has 2 heterocycles. The van der Waals surface area contributed by atoms with Gasteiger partial charge in [0.25, 0.3) is 0 Å². The smallest absolute Gasteiger partial charge is 0.306 e. The lowest BCUT2D eigenvalue weighted by Gasteiger charge is -2.34. The van der Waals surface area contributed by atoms with Gasteiger partial charge in [-0.1, -0.05) is 12.8 Å². The fraction of sp³-hybridized carbons (Fsp3) is 0.739. The molecule has 8 nitrogen and oxygen atoms in total. The highest BCUT2D eigenvalue weighted by atomic mass is 16.5. The average molecular weight is 432 g/mol. The number of carbonyl (C=O) groups is 2. The minimum absolute atomic E-state index is 0.0719. The number of nitrogens with zero attached hydrogens (tertiary/aromatic N) is 4. The number of nitrogens with one attached hydrogen (secondary N) is 1. The van der Waals surface area contributed by atoms with E-state index < -0.39 is 0 Å². The number of amides is 1. The molecule has 0 unspecified atom stereocenters. The van der Waals surface area contributed by atoms with E-state index in [0.717, 1.165) is 77.2 Å². The number of hydrogen-bond donors (Lipinski definition) is 1. The molecule has 0 bridgehead atoms. The van der Waals surface area contributed by atoms with E-state index in [1.54, 1.807) is 12.4 Å². The summed E-state index contributed by atoms with van der Waals surface area (Å²) in [6.07, 6.45) is 10.5. The summed E-state index contributed by atoms with van der Waals surface area (Å²) in [7, 11) is 0. The Bertz CT molecular complexity index is 686. The van der Waals surface area contributed by atoms with E-state index in [1.165, 1.54) is 0 Å². The van der Waals surface area contributed by atoms with Crippen LogP contribution in [0.15, 0.2) is 18.5 Å². The fourth-order valence-corrected chi connectivity index (χ4v) is 4.78. The van der Waals surface area contributed by atoms with Gasteiger partial charge >= 0.3 is 5.97 Å². The van der Waals surface area contributed by atoms with Gasteiger partial charge in [-0.25, -0.2) is 9.97 Å². The summed E-state index contributed by atoms with van der Waals surface area (Å²) >= 11 is 0. The zero-order valence-corrected chi connectivity index (χ0v) is 18.9. The Morgan fingerprint density at radius 1 is 1.06 bits per heavy atom. The number of aromatic nitrogens is 2. The minimum atomic E-state index is -0.196. The average Bonchev–Trinajstić information content (AvgIpc) is 3.22. The van der Waals surface area contributed by atoms with Gasteiger partial charge in [-0.15, -0.1) is 0 Å². The number of hydrogen-bond acceptors (Lipinski definition) is 7. The standard InChI is InChI=1S/C23H37N5O3/c1-2-31-21(30)19-23(8-3-4-9-23)18-20(29)24-10-5-6-13-27-14-16-28(17-15-27)22-25-11-7-12-26-22/h7,11-12H,2-6,8-10,13-19H2,1H3,(H,24,29). The normalized spacial score (nSPS) is 18.7. The van der Waals surface area contributed by atoms with Crippen LogP contribution in [0.5, 0.6) is 0 Å². The Kier molecular flexibility index (Phi) is 9.06. The van der Waals surface area contributed by atoms with Crippen molar-refractivity contribution in [2.24, 2.45) is 5.41 Å². The third-order valence-electron chi connectivity index (χ3n) is 6.45. The SMILES string of the molecule is CCOC(=O)CC1(CC(=O)NCCCCN2CCN(c3ncccn3)CC2)CCCC1. The molecule has 1 saturated carbocycles. The molecule has 1 N–H and O–H groups in total.